The molecule has 2 aromatic heterocycles. The quantitative estimate of drug-likeness (QED) is 0.638. The SMILES string of the molecule is CC(C)c1cnnc(Oc2c(Cl)cc(-c3nn(C(F)F)c(=O)[nH]c3=O)cc2Cl)c1. The van der Waals surface area contributed by atoms with Crippen LogP contribution in [0.2, 0.25) is 10.0 Å². The third-order valence-electron chi connectivity index (χ3n) is 3.83. The van der Waals surface area contributed by atoms with Gasteiger partial charge in [0.25, 0.3) is 5.56 Å². The van der Waals surface area contributed by atoms with E-state index >= 15 is 0 Å². The van der Waals surface area contributed by atoms with Gasteiger partial charge >= 0.3 is 12.2 Å². The second-order valence-corrected chi connectivity index (χ2v) is 7.00. The number of alkyl halides is 2. The minimum Gasteiger partial charge on any atom is -0.434 e. The predicted octanol–water partition coefficient (Wildman–Crippen LogP) is 4.01. The zero-order chi connectivity index (χ0) is 21.3. The molecule has 3 rings (SSSR count). The molecule has 0 fully saturated rings. The molecule has 2 heterocycles. The molecule has 0 saturated carbocycles. The summed E-state index contributed by atoms with van der Waals surface area (Å²) in [6, 6.07) is 4.17. The first-order valence-corrected chi connectivity index (χ1v) is 8.94. The van der Waals surface area contributed by atoms with Crippen molar-refractivity contribution in [2.24, 2.45) is 0 Å². The Labute approximate surface area is 172 Å². The molecule has 8 nitrogen and oxygen atoms in total. The van der Waals surface area contributed by atoms with E-state index in [0.29, 0.717) is 0 Å². The van der Waals surface area contributed by atoms with Gasteiger partial charge in [-0.3, -0.25) is 9.78 Å². The van der Waals surface area contributed by atoms with E-state index in [4.69, 9.17) is 27.9 Å². The van der Waals surface area contributed by atoms with Crippen LogP contribution < -0.4 is 16.0 Å². The van der Waals surface area contributed by atoms with Crippen molar-refractivity contribution in [3.63, 3.8) is 0 Å². The fraction of sp³-hybridized carbons (Fsp3) is 0.235. The molecule has 0 amide bonds. The molecule has 0 saturated heterocycles. The lowest BCUT2D eigenvalue weighted by Gasteiger charge is -2.12. The summed E-state index contributed by atoms with van der Waals surface area (Å²) in [6.07, 6.45) is 1.60. The van der Waals surface area contributed by atoms with Crippen molar-refractivity contribution in [2.45, 2.75) is 26.3 Å². The van der Waals surface area contributed by atoms with Crippen molar-refractivity contribution < 1.29 is 13.5 Å². The van der Waals surface area contributed by atoms with Crippen LogP contribution >= 0.6 is 23.2 Å². The molecule has 0 aliphatic heterocycles. The minimum atomic E-state index is -3.24. The third-order valence-corrected chi connectivity index (χ3v) is 4.40. The first-order chi connectivity index (χ1) is 13.7. The topological polar surface area (TPSA) is 103 Å². The van der Waals surface area contributed by atoms with Gasteiger partial charge in [-0.15, -0.1) is 5.10 Å². The monoisotopic (exact) mass is 443 g/mol. The van der Waals surface area contributed by atoms with Gasteiger partial charge in [0.2, 0.25) is 5.88 Å². The van der Waals surface area contributed by atoms with E-state index < -0.39 is 23.5 Å². The van der Waals surface area contributed by atoms with E-state index in [1.165, 1.54) is 12.1 Å². The van der Waals surface area contributed by atoms with Crippen LogP contribution in [0.3, 0.4) is 0 Å². The van der Waals surface area contributed by atoms with E-state index in [9.17, 15) is 18.4 Å². The fourth-order valence-corrected chi connectivity index (χ4v) is 2.92. The number of nitrogens with one attached hydrogen (secondary N) is 1. The average Bonchev–Trinajstić information content (AvgIpc) is 2.64. The maximum Gasteiger partial charge on any atom is 0.349 e. The molecule has 29 heavy (non-hydrogen) atoms. The van der Waals surface area contributed by atoms with Crippen LogP contribution in [0.15, 0.2) is 34.0 Å². The van der Waals surface area contributed by atoms with Gasteiger partial charge in [-0.2, -0.15) is 23.7 Å². The highest BCUT2D eigenvalue weighted by molar-refractivity contribution is 6.37. The van der Waals surface area contributed by atoms with Crippen molar-refractivity contribution in [1.82, 2.24) is 25.0 Å². The summed E-state index contributed by atoms with van der Waals surface area (Å²) in [7, 11) is 0. The maximum atomic E-state index is 12.9. The summed E-state index contributed by atoms with van der Waals surface area (Å²) in [4.78, 5) is 25.2. The number of benzene rings is 1. The molecule has 3 aromatic rings. The van der Waals surface area contributed by atoms with Gasteiger partial charge in [0, 0.05) is 11.6 Å². The molecule has 0 atom stereocenters. The van der Waals surface area contributed by atoms with Crippen LogP contribution in [-0.2, 0) is 0 Å². The number of ether oxygens (including phenoxy) is 1. The van der Waals surface area contributed by atoms with Crippen LogP contribution in [0.4, 0.5) is 8.78 Å². The number of hydrogen-bond donors (Lipinski definition) is 1. The lowest BCUT2D eigenvalue weighted by atomic mass is 10.1. The first-order valence-electron chi connectivity index (χ1n) is 8.18. The van der Waals surface area contributed by atoms with Crippen molar-refractivity contribution in [2.75, 3.05) is 0 Å². The lowest BCUT2D eigenvalue weighted by molar-refractivity contribution is 0.0495. The van der Waals surface area contributed by atoms with E-state index in [1.807, 2.05) is 13.8 Å². The lowest BCUT2D eigenvalue weighted by Crippen LogP contribution is -2.33. The number of hydrogen-bond acceptors (Lipinski definition) is 6. The minimum absolute atomic E-state index is 0.0185. The summed E-state index contributed by atoms with van der Waals surface area (Å²) in [5, 5.41) is 11.1. The zero-order valence-electron chi connectivity index (χ0n) is 15.0. The van der Waals surface area contributed by atoms with Crippen LogP contribution in [0.5, 0.6) is 11.6 Å². The van der Waals surface area contributed by atoms with Crippen molar-refractivity contribution in [3.8, 4) is 22.9 Å². The Balaban J connectivity index is 2.03. The van der Waals surface area contributed by atoms with Crippen LogP contribution in [0.25, 0.3) is 11.3 Å². The number of halogens is 4. The number of rotatable bonds is 5. The van der Waals surface area contributed by atoms with Crippen molar-refractivity contribution in [1.29, 1.82) is 0 Å². The molecule has 0 bridgehead atoms. The van der Waals surface area contributed by atoms with Gasteiger partial charge in [-0.25, -0.2) is 4.79 Å². The molecule has 0 unspecified atom stereocenters. The molecule has 0 spiro atoms. The molecule has 152 valence electrons. The Morgan fingerprint density at radius 3 is 2.38 bits per heavy atom. The Kier molecular flexibility index (Phi) is 5.94. The standard InChI is InChI=1S/C17H13Cl2F2N5O3/c1-7(2)9-5-12(24-22-6-9)29-14-10(18)3-8(4-11(14)19)13-15(27)23-17(28)26(25-13)16(20)21/h3-7,16H,1-2H3,(H,23,27,28). The molecule has 0 aliphatic rings. The largest absolute Gasteiger partial charge is 0.434 e. The van der Waals surface area contributed by atoms with Gasteiger partial charge in [0.05, 0.1) is 16.2 Å². The highest BCUT2D eigenvalue weighted by Crippen LogP contribution is 2.39. The maximum absolute atomic E-state index is 12.9. The molecule has 12 heteroatoms. The Morgan fingerprint density at radius 2 is 1.79 bits per heavy atom. The average molecular weight is 444 g/mol. The molecule has 0 aliphatic carbocycles. The number of aromatic amines is 1. The number of nitrogens with zero attached hydrogens (tertiary/aromatic N) is 4. The van der Waals surface area contributed by atoms with E-state index in [0.717, 1.165) is 5.56 Å². The second kappa shape index (κ2) is 8.26. The summed E-state index contributed by atoms with van der Waals surface area (Å²) in [5.74, 6) is 0.366. The Hall–Kier alpha value is -2.85. The van der Waals surface area contributed by atoms with Gasteiger partial charge in [-0.1, -0.05) is 37.0 Å². The van der Waals surface area contributed by atoms with Gasteiger partial charge < -0.3 is 4.74 Å². The van der Waals surface area contributed by atoms with E-state index in [-0.39, 0.29) is 37.8 Å². The van der Waals surface area contributed by atoms with Gasteiger partial charge in [0.1, 0.15) is 0 Å². The number of aromatic nitrogens is 5. The highest BCUT2D eigenvalue weighted by Gasteiger charge is 2.19. The normalized spacial score (nSPS) is 11.3. The Bertz CT molecular complexity index is 1160. The summed E-state index contributed by atoms with van der Waals surface area (Å²) in [5.41, 5.74) is -1.87. The molecule has 1 N–H and O–H groups in total. The highest BCUT2D eigenvalue weighted by atomic mass is 35.5. The zero-order valence-corrected chi connectivity index (χ0v) is 16.5. The van der Waals surface area contributed by atoms with Gasteiger partial charge in [0.15, 0.2) is 11.4 Å². The van der Waals surface area contributed by atoms with Crippen LogP contribution in [0.1, 0.15) is 31.9 Å². The van der Waals surface area contributed by atoms with Crippen molar-refractivity contribution in [3.05, 3.63) is 60.8 Å². The summed E-state index contributed by atoms with van der Waals surface area (Å²) < 4.78 is 31.3. The predicted molar refractivity (Wildman–Crippen MR) is 102 cm³/mol. The number of H-pyrrole nitrogens is 1. The Morgan fingerprint density at radius 1 is 1.14 bits per heavy atom. The summed E-state index contributed by atoms with van der Waals surface area (Å²) >= 11 is 12.4. The molecular formula is C17H13Cl2F2N5O3. The van der Waals surface area contributed by atoms with E-state index in [2.05, 4.69) is 15.3 Å². The molecular weight excluding hydrogens is 431 g/mol. The van der Waals surface area contributed by atoms with Crippen molar-refractivity contribution >= 4 is 23.2 Å². The van der Waals surface area contributed by atoms with E-state index in [1.54, 1.807) is 17.2 Å². The molecule has 1 aromatic carbocycles. The second-order valence-electron chi connectivity index (χ2n) is 6.18. The molecule has 0 radical (unpaired) electrons. The summed E-state index contributed by atoms with van der Waals surface area (Å²) in [6.45, 7) is 0.705. The third kappa shape index (κ3) is 4.43. The first kappa shape index (κ1) is 20.9. The van der Waals surface area contributed by atoms with Gasteiger partial charge in [-0.05, 0) is 23.6 Å². The van der Waals surface area contributed by atoms with Crippen LogP contribution in [-0.4, -0.2) is 25.0 Å². The van der Waals surface area contributed by atoms with Crippen LogP contribution in [0, 0.1) is 0 Å². The fourth-order valence-electron chi connectivity index (χ4n) is 2.36. The smallest absolute Gasteiger partial charge is 0.349 e.